The first kappa shape index (κ1) is 18.1. The Labute approximate surface area is 157 Å². The normalized spacial score (nSPS) is 11.1. The highest BCUT2D eigenvalue weighted by Crippen LogP contribution is 2.31. The standard InChI is InChI=1S/C17H16BrN3O5/c1-4-25-17(22)16-13(12-7-11(18)5-6-14(12)26-16)8-20-10(3)15(21(23)24)9(2)19-20/h5-7H,4,8H2,1-3H3. The number of carbonyl (C=O) groups excluding carboxylic acids is 1. The van der Waals surface area contributed by atoms with Crippen molar-refractivity contribution >= 4 is 38.6 Å². The molecule has 2 heterocycles. The van der Waals surface area contributed by atoms with Gasteiger partial charge < -0.3 is 9.15 Å². The molecular weight excluding hydrogens is 406 g/mol. The Kier molecular flexibility index (Phi) is 4.82. The van der Waals surface area contributed by atoms with Gasteiger partial charge in [-0.05, 0) is 39.0 Å². The van der Waals surface area contributed by atoms with Gasteiger partial charge in [0, 0.05) is 15.4 Å². The van der Waals surface area contributed by atoms with Crippen LogP contribution in [0.25, 0.3) is 11.0 Å². The van der Waals surface area contributed by atoms with Gasteiger partial charge in [-0.2, -0.15) is 5.10 Å². The van der Waals surface area contributed by atoms with E-state index in [-0.39, 0.29) is 24.6 Å². The predicted molar refractivity (Wildman–Crippen MR) is 97.3 cm³/mol. The lowest BCUT2D eigenvalue weighted by Gasteiger charge is -2.05. The molecule has 0 radical (unpaired) electrons. The summed E-state index contributed by atoms with van der Waals surface area (Å²) in [5.74, 6) is -0.499. The second kappa shape index (κ2) is 6.91. The molecule has 0 N–H and O–H groups in total. The Balaban J connectivity index is 2.16. The fourth-order valence-electron chi connectivity index (χ4n) is 2.89. The number of furan rings is 1. The summed E-state index contributed by atoms with van der Waals surface area (Å²) >= 11 is 3.41. The van der Waals surface area contributed by atoms with Crippen LogP contribution in [0.2, 0.25) is 0 Å². The van der Waals surface area contributed by atoms with Gasteiger partial charge in [0.15, 0.2) is 0 Å². The molecule has 0 aliphatic rings. The van der Waals surface area contributed by atoms with E-state index < -0.39 is 10.9 Å². The average molecular weight is 422 g/mol. The number of halogens is 1. The van der Waals surface area contributed by atoms with Crippen LogP contribution in [-0.4, -0.2) is 27.3 Å². The maximum absolute atomic E-state index is 12.3. The van der Waals surface area contributed by atoms with Crippen molar-refractivity contribution in [3.8, 4) is 0 Å². The first-order chi connectivity index (χ1) is 12.3. The van der Waals surface area contributed by atoms with Gasteiger partial charge in [0.25, 0.3) is 0 Å². The summed E-state index contributed by atoms with van der Waals surface area (Å²) in [7, 11) is 0. The molecule has 1 aromatic carbocycles. The van der Waals surface area contributed by atoms with Crippen molar-refractivity contribution in [1.82, 2.24) is 9.78 Å². The second-order valence-electron chi connectivity index (χ2n) is 5.70. The van der Waals surface area contributed by atoms with Crippen LogP contribution in [-0.2, 0) is 11.3 Å². The molecule has 8 nitrogen and oxygen atoms in total. The molecule has 2 aromatic heterocycles. The molecule has 9 heteroatoms. The lowest BCUT2D eigenvalue weighted by Crippen LogP contribution is -2.10. The van der Waals surface area contributed by atoms with Crippen molar-refractivity contribution in [1.29, 1.82) is 0 Å². The number of ether oxygens (including phenoxy) is 1. The number of rotatable bonds is 5. The SMILES string of the molecule is CCOC(=O)c1oc2ccc(Br)cc2c1Cn1nc(C)c([N+](=O)[O-])c1C. The minimum atomic E-state index is -0.578. The van der Waals surface area contributed by atoms with E-state index in [0.29, 0.717) is 22.5 Å². The van der Waals surface area contributed by atoms with E-state index >= 15 is 0 Å². The number of benzene rings is 1. The van der Waals surface area contributed by atoms with Gasteiger partial charge in [-0.1, -0.05) is 15.9 Å². The summed E-state index contributed by atoms with van der Waals surface area (Å²) in [6.45, 7) is 5.28. The average Bonchev–Trinajstić information content (AvgIpc) is 3.05. The Morgan fingerprint density at radius 3 is 2.77 bits per heavy atom. The zero-order valence-electron chi connectivity index (χ0n) is 14.4. The third-order valence-corrected chi connectivity index (χ3v) is 4.54. The number of hydrogen-bond acceptors (Lipinski definition) is 6. The maximum atomic E-state index is 12.3. The number of fused-ring (bicyclic) bond motifs is 1. The number of esters is 1. The molecule has 0 atom stereocenters. The topological polar surface area (TPSA) is 100 Å². The minimum absolute atomic E-state index is 0.0309. The van der Waals surface area contributed by atoms with E-state index in [9.17, 15) is 14.9 Å². The summed E-state index contributed by atoms with van der Waals surface area (Å²) < 4.78 is 13.1. The van der Waals surface area contributed by atoms with Gasteiger partial charge in [-0.25, -0.2) is 4.79 Å². The van der Waals surface area contributed by atoms with Crippen molar-refractivity contribution in [2.75, 3.05) is 6.61 Å². The third-order valence-electron chi connectivity index (χ3n) is 4.05. The first-order valence-electron chi connectivity index (χ1n) is 7.90. The summed E-state index contributed by atoms with van der Waals surface area (Å²) in [6.07, 6.45) is 0. The van der Waals surface area contributed by atoms with E-state index in [1.54, 1.807) is 32.9 Å². The van der Waals surface area contributed by atoms with Crippen LogP contribution in [0.5, 0.6) is 0 Å². The number of nitrogens with zero attached hydrogens (tertiary/aromatic N) is 3. The summed E-state index contributed by atoms with van der Waals surface area (Å²) in [4.78, 5) is 23.1. The minimum Gasteiger partial charge on any atom is -0.460 e. The smallest absolute Gasteiger partial charge is 0.374 e. The summed E-state index contributed by atoms with van der Waals surface area (Å²) in [5, 5.41) is 16.2. The number of hydrogen-bond donors (Lipinski definition) is 0. The highest BCUT2D eigenvalue weighted by molar-refractivity contribution is 9.10. The molecule has 0 bridgehead atoms. The van der Waals surface area contributed by atoms with Gasteiger partial charge >= 0.3 is 11.7 Å². The van der Waals surface area contributed by atoms with E-state index in [2.05, 4.69) is 21.0 Å². The molecule has 0 aliphatic heterocycles. The zero-order valence-corrected chi connectivity index (χ0v) is 16.0. The molecule has 0 amide bonds. The van der Waals surface area contributed by atoms with Crippen LogP contribution >= 0.6 is 15.9 Å². The zero-order chi connectivity index (χ0) is 19.0. The Hall–Kier alpha value is -2.68. The molecule has 0 aliphatic carbocycles. The third kappa shape index (κ3) is 3.10. The van der Waals surface area contributed by atoms with Crippen LogP contribution in [0.1, 0.15) is 34.4 Å². The predicted octanol–water partition coefficient (Wildman–Crippen LogP) is 4.14. The fourth-order valence-corrected chi connectivity index (χ4v) is 3.26. The van der Waals surface area contributed by atoms with Gasteiger partial charge in [-0.15, -0.1) is 0 Å². The molecule has 0 saturated heterocycles. The number of aryl methyl sites for hydroxylation is 1. The second-order valence-corrected chi connectivity index (χ2v) is 6.62. The van der Waals surface area contributed by atoms with Crippen LogP contribution < -0.4 is 0 Å². The van der Waals surface area contributed by atoms with Gasteiger partial charge in [0.2, 0.25) is 5.76 Å². The van der Waals surface area contributed by atoms with E-state index in [0.717, 1.165) is 9.86 Å². The van der Waals surface area contributed by atoms with Gasteiger partial charge in [0.1, 0.15) is 17.0 Å². The Bertz CT molecular complexity index is 1020. The largest absolute Gasteiger partial charge is 0.460 e. The molecule has 3 aromatic rings. The van der Waals surface area contributed by atoms with Crippen molar-refractivity contribution in [2.45, 2.75) is 27.3 Å². The van der Waals surface area contributed by atoms with Crippen LogP contribution in [0, 0.1) is 24.0 Å². The molecule has 26 heavy (non-hydrogen) atoms. The molecule has 0 spiro atoms. The van der Waals surface area contributed by atoms with Gasteiger partial charge in [0.05, 0.1) is 18.1 Å². The number of aromatic nitrogens is 2. The van der Waals surface area contributed by atoms with E-state index in [1.807, 2.05) is 6.07 Å². The van der Waals surface area contributed by atoms with Crippen molar-refractivity contribution in [2.24, 2.45) is 0 Å². The highest BCUT2D eigenvalue weighted by atomic mass is 79.9. The molecule has 3 rings (SSSR count). The van der Waals surface area contributed by atoms with Crippen LogP contribution in [0.15, 0.2) is 27.1 Å². The Morgan fingerprint density at radius 1 is 1.42 bits per heavy atom. The summed E-state index contributed by atoms with van der Waals surface area (Å²) in [6, 6.07) is 5.38. The summed E-state index contributed by atoms with van der Waals surface area (Å²) in [5.41, 5.74) is 1.80. The van der Waals surface area contributed by atoms with Crippen molar-refractivity contribution in [3.63, 3.8) is 0 Å². The van der Waals surface area contributed by atoms with Crippen molar-refractivity contribution in [3.05, 3.63) is 55.5 Å². The molecule has 0 unspecified atom stereocenters. The molecular formula is C17H16BrN3O5. The van der Waals surface area contributed by atoms with Gasteiger partial charge in [-0.3, -0.25) is 14.8 Å². The number of nitro groups is 1. The molecule has 0 fully saturated rings. The molecule has 0 saturated carbocycles. The number of carbonyl (C=O) groups is 1. The first-order valence-corrected chi connectivity index (χ1v) is 8.69. The molecule has 136 valence electrons. The van der Waals surface area contributed by atoms with E-state index in [4.69, 9.17) is 9.15 Å². The van der Waals surface area contributed by atoms with Crippen LogP contribution in [0.4, 0.5) is 5.69 Å². The highest BCUT2D eigenvalue weighted by Gasteiger charge is 2.26. The lowest BCUT2D eigenvalue weighted by atomic mass is 10.1. The van der Waals surface area contributed by atoms with Crippen molar-refractivity contribution < 1.29 is 18.9 Å². The fraction of sp³-hybridized carbons (Fsp3) is 0.294. The lowest BCUT2D eigenvalue weighted by molar-refractivity contribution is -0.386. The Morgan fingerprint density at radius 2 is 2.15 bits per heavy atom. The monoisotopic (exact) mass is 421 g/mol. The quantitative estimate of drug-likeness (QED) is 0.348. The maximum Gasteiger partial charge on any atom is 0.374 e. The van der Waals surface area contributed by atoms with Crippen LogP contribution in [0.3, 0.4) is 0 Å². The van der Waals surface area contributed by atoms with E-state index in [1.165, 1.54) is 4.68 Å².